The fourth-order valence-electron chi connectivity index (χ4n) is 3.29. The molecule has 0 unspecified atom stereocenters. The molecule has 0 amide bonds. The first-order chi connectivity index (χ1) is 12.1. The molecule has 0 aliphatic heterocycles. The first-order valence-electron chi connectivity index (χ1n) is 7.98. The molecule has 0 aliphatic carbocycles. The van der Waals surface area contributed by atoms with E-state index in [1.807, 2.05) is 0 Å². The van der Waals surface area contributed by atoms with E-state index < -0.39 is 11.9 Å². The highest BCUT2D eigenvalue weighted by molar-refractivity contribution is 6.01. The molecule has 0 aliphatic rings. The summed E-state index contributed by atoms with van der Waals surface area (Å²) < 4.78 is 9.50. The zero-order valence-corrected chi connectivity index (χ0v) is 15.7. The van der Waals surface area contributed by atoms with E-state index >= 15 is 0 Å². The van der Waals surface area contributed by atoms with E-state index in [2.05, 4.69) is 0 Å². The van der Waals surface area contributed by atoms with Crippen LogP contribution in [-0.4, -0.2) is 36.4 Å². The third kappa shape index (κ3) is 2.98. The molecule has 0 atom stereocenters. The first-order valence-corrected chi connectivity index (χ1v) is 7.98. The third-order valence-electron chi connectivity index (χ3n) is 4.42. The molecule has 2 rings (SSSR count). The lowest BCUT2D eigenvalue weighted by Crippen LogP contribution is -2.08. The van der Waals surface area contributed by atoms with Crippen molar-refractivity contribution in [1.29, 1.82) is 0 Å². The number of phenols is 2. The second kappa shape index (κ2) is 7.07. The van der Waals surface area contributed by atoms with Crippen LogP contribution in [0.5, 0.6) is 11.5 Å². The minimum Gasteiger partial charge on any atom is -0.506 e. The molecule has 0 spiro atoms. The Labute approximate surface area is 152 Å². The Hall–Kier alpha value is -3.02. The van der Waals surface area contributed by atoms with Crippen molar-refractivity contribution in [2.75, 3.05) is 14.2 Å². The highest BCUT2D eigenvalue weighted by Crippen LogP contribution is 2.45. The van der Waals surface area contributed by atoms with Gasteiger partial charge < -0.3 is 19.7 Å². The summed E-state index contributed by atoms with van der Waals surface area (Å²) in [7, 11) is 2.45. The monoisotopic (exact) mass is 358 g/mol. The number of hydrogen-bond acceptors (Lipinski definition) is 6. The summed E-state index contributed by atoms with van der Waals surface area (Å²) >= 11 is 0. The predicted molar refractivity (Wildman–Crippen MR) is 96.8 cm³/mol. The van der Waals surface area contributed by atoms with Crippen molar-refractivity contribution in [3.63, 3.8) is 0 Å². The van der Waals surface area contributed by atoms with E-state index in [4.69, 9.17) is 9.47 Å². The Morgan fingerprint density at radius 1 is 0.692 bits per heavy atom. The molecule has 0 bridgehead atoms. The number of esters is 2. The van der Waals surface area contributed by atoms with E-state index in [0.29, 0.717) is 22.3 Å². The smallest absolute Gasteiger partial charge is 0.341 e. The summed E-state index contributed by atoms with van der Waals surface area (Å²) in [6.07, 6.45) is 0. The fourth-order valence-corrected chi connectivity index (χ4v) is 3.29. The molecule has 6 heteroatoms. The summed E-state index contributed by atoms with van der Waals surface area (Å²) in [5, 5.41) is 21.6. The summed E-state index contributed by atoms with van der Waals surface area (Å²) in [5.74, 6) is -1.96. The lowest BCUT2D eigenvalue weighted by molar-refractivity contribution is 0.0586. The highest BCUT2D eigenvalue weighted by atomic mass is 16.5. The van der Waals surface area contributed by atoms with Gasteiger partial charge in [0.1, 0.15) is 22.6 Å². The molecular formula is C20H22O6. The number of ether oxygens (including phenoxy) is 2. The number of hydrogen-bond donors (Lipinski definition) is 2. The van der Waals surface area contributed by atoms with Crippen molar-refractivity contribution in [2.24, 2.45) is 0 Å². The molecule has 2 aromatic rings. The number of aryl methyl sites for hydroxylation is 4. The Bertz CT molecular complexity index is 836. The summed E-state index contributed by atoms with van der Waals surface area (Å²) in [6.45, 7) is 6.87. The number of carbonyl (C=O) groups is 2. The zero-order chi connectivity index (χ0) is 19.8. The van der Waals surface area contributed by atoms with Crippen LogP contribution in [0.2, 0.25) is 0 Å². The normalized spacial score (nSPS) is 10.5. The molecule has 0 saturated heterocycles. The molecule has 2 aromatic carbocycles. The lowest BCUT2D eigenvalue weighted by atomic mass is 9.88. The van der Waals surface area contributed by atoms with E-state index in [1.165, 1.54) is 14.2 Å². The van der Waals surface area contributed by atoms with Crippen LogP contribution in [0.25, 0.3) is 11.1 Å². The molecule has 138 valence electrons. The Morgan fingerprint density at radius 2 is 1.00 bits per heavy atom. The lowest BCUT2D eigenvalue weighted by Gasteiger charge is -2.19. The minimum absolute atomic E-state index is 0.0205. The maximum absolute atomic E-state index is 12.1. The molecule has 2 N–H and O–H groups in total. The van der Waals surface area contributed by atoms with Gasteiger partial charge in [-0.25, -0.2) is 9.59 Å². The predicted octanol–water partition coefficient (Wildman–Crippen LogP) is 3.57. The van der Waals surface area contributed by atoms with Crippen LogP contribution in [0, 0.1) is 27.7 Å². The van der Waals surface area contributed by atoms with Gasteiger partial charge in [0.15, 0.2) is 0 Å². The average Bonchev–Trinajstić information content (AvgIpc) is 2.56. The molecule has 0 radical (unpaired) electrons. The molecule has 0 heterocycles. The Morgan fingerprint density at radius 3 is 1.27 bits per heavy atom. The van der Waals surface area contributed by atoms with Crippen LogP contribution in [0.1, 0.15) is 43.0 Å². The van der Waals surface area contributed by atoms with Gasteiger partial charge >= 0.3 is 11.9 Å². The largest absolute Gasteiger partial charge is 0.506 e. The standard InChI is InChI=1S/C20H22O6/c1-9-7-11(3)15(19(23)25-5)17(21)13(9)14-10(2)8-12(4)16(18(14)22)20(24)26-6/h7-8,21-22H,1-6H3. The summed E-state index contributed by atoms with van der Waals surface area (Å²) in [5.41, 5.74) is 2.98. The minimum atomic E-state index is -0.682. The second-order valence-corrected chi connectivity index (χ2v) is 6.20. The van der Waals surface area contributed by atoms with Crippen LogP contribution in [0.15, 0.2) is 12.1 Å². The molecule has 0 aromatic heterocycles. The number of aromatic hydroxyl groups is 2. The molecular weight excluding hydrogens is 336 g/mol. The number of benzene rings is 2. The Balaban J connectivity index is 2.93. The number of rotatable bonds is 3. The van der Waals surface area contributed by atoms with Crippen molar-refractivity contribution in [3.8, 4) is 22.6 Å². The van der Waals surface area contributed by atoms with E-state index in [1.54, 1.807) is 39.8 Å². The maximum atomic E-state index is 12.1. The Kier molecular flexibility index (Phi) is 5.25. The highest BCUT2D eigenvalue weighted by Gasteiger charge is 2.27. The fraction of sp³-hybridized carbons (Fsp3) is 0.300. The van der Waals surface area contributed by atoms with Gasteiger partial charge in [-0.05, 0) is 49.9 Å². The first kappa shape index (κ1) is 19.3. The molecule has 6 nitrogen and oxygen atoms in total. The van der Waals surface area contributed by atoms with Crippen molar-refractivity contribution in [2.45, 2.75) is 27.7 Å². The molecule has 26 heavy (non-hydrogen) atoms. The zero-order valence-electron chi connectivity index (χ0n) is 15.7. The second-order valence-electron chi connectivity index (χ2n) is 6.20. The van der Waals surface area contributed by atoms with E-state index in [9.17, 15) is 19.8 Å². The number of carbonyl (C=O) groups excluding carboxylic acids is 2. The maximum Gasteiger partial charge on any atom is 0.341 e. The van der Waals surface area contributed by atoms with E-state index in [0.717, 1.165) is 0 Å². The van der Waals surface area contributed by atoms with Crippen molar-refractivity contribution in [3.05, 3.63) is 45.5 Å². The van der Waals surface area contributed by atoms with Gasteiger partial charge in [-0.15, -0.1) is 0 Å². The van der Waals surface area contributed by atoms with Gasteiger partial charge in [0.2, 0.25) is 0 Å². The molecule has 0 saturated carbocycles. The molecule has 0 fully saturated rings. The number of phenolic OH excluding ortho intramolecular Hbond substituents is 2. The van der Waals surface area contributed by atoms with Gasteiger partial charge in [-0.3, -0.25) is 0 Å². The van der Waals surface area contributed by atoms with Crippen molar-refractivity contribution in [1.82, 2.24) is 0 Å². The summed E-state index contributed by atoms with van der Waals surface area (Å²) in [4.78, 5) is 24.2. The van der Waals surface area contributed by atoms with Gasteiger partial charge in [-0.2, -0.15) is 0 Å². The van der Waals surface area contributed by atoms with Crippen LogP contribution in [0.4, 0.5) is 0 Å². The van der Waals surface area contributed by atoms with Crippen LogP contribution in [-0.2, 0) is 9.47 Å². The SMILES string of the molecule is COC(=O)c1c(C)cc(C)c(-c2c(C)cc(C)c(C(=O)OC)c2O)c1O. The topological polar surface area (TPSA) is 93.1 Å². The van der Waals surface area contributed by atoms with Gasteiger partial charge in [0.05, 0.1) is 14.2 Å². The van der Waals surface area contributed by atoms with Crippen LogP contribution in [0.3, 0.4) is 0 Å². The number of methoxy groups -OCH3 is 2. The van der Waals surface area contributed by atoms with Gasteiger partial charge in [0, 0.05) is 11.1 Å². The average molecular weight is 358 g/mol. The quantitative estimate of drug-likeness (QED) is 0.815. The van der Waals surface area contributed by atoms with Crippen molar-refractivity contribution < 1.29 is 29.3 Å². The van der Waals surface area contributed by atoms with Crippen LogP contribution < -0.4 is 0 Å². The van der Waals surface area contributed by atoms with Crippen molar-refractivity contribution >= 4 is 11.9 Å². The van der Waals surface area contributed by atoms with Gasteiger partial charge in [-0.1, -0.05) is 12.1 Å². The summed E-state index contributed by atoms with van der Waals surface area (Å²) in [6, 6.07) is 3.44. The van der Waals surface area contributed by atoms with Gasteiger partial charge in [0.25, 0.3) is 0 Å². The third-order valence-corrected chi connectivity index (χ3v) is 4.42. The van der Waals surface area contributed by atoms with E-state index in [-0.39, 0.29) is 33.8 Å². The van der Waals surface area contributed by atoms with Crippen LogP contribution >= 0.6 is 0 Å².